The van der Waals surface area contributed by atoms with Crippen molar-refractivity contribution in [3.8, 4) is 0 Å². The fraction of sp³-hybridized carbons (Fsp3) is 1.00. The summed E-state index contributed by atoms with van der Waals surface area (Å²) in [6, 6.07) is 0. The van der Waals surface area contributed by atoms with Crippen LogP contribution < -0.4 is 5.90 Å². The van der Waals surface area contributed by atoms with E-state index in [1.165, 1.54) is 25.7 Å². The first-order chi connectivity index (χ1) is 9.18. The van der Waals surface area contributed by atoms with E-state index in [9.17, 15) is 5.11 Å². The number of nitrogens with two attached hydrogens (primary N) is 1. The molecule has 2 unspecified atom stereocenters. The molecule has 0 radical (unpaired) electrons. The molecule has 2 fully saturated rings. The fourth-order valence-electron chi connectivity index (χ4n) is 4.24. The second-order valence-corrected chi connectivity index (χ2v) is 6.07. The summed E-state index contributed by atoms with van der Waals surface area (Å²) in [5.74, 6) is 5.21. The van der Waals surface area contributed by atoms with Crippen molar-refractivity contribution in [1.29, 1.82) is 0 Å². The number of hydrogen-bond acceptors (Lipinski definition) is 4. The van der Waals surface area contributed by atoms with Crippen molar-refractivity contribution in [3.63, 3.8) is 0 Å². The van der Waals surface area contributed by atoms with Crippen LogP contribution in [0.5, 0.6) is 0 Å². The van der Waals surface area contributed by atoms with Crippen LogP contribution in [0.15, 0.2) is 0 Å². The van der Waals surface area contributed by atoms with E-state index >= 15 is 0 Å². The van der Waals surface area contributed by atoms with Crippen molar-refractivity contribution in [1.82, 2.24) is 4.90 Å². The highest BCUT2D eigenvalue weighted by atomic mass is 16.6. The minimum Gasteiger partial charge on any atom is -0.396 e. The Morgan fingerprint density at radius 1 is 1.11 bits per heavy atom. The van der Waals surface area contributed by atoms with Gasteiger partial charge in [0, 0.05) is 18.5 Å². The van der Waals surface area contributed by atoms with Gasteiger partial charge in [-0.1, -0.05) is 33.1 Å². The molecule has 1 aliphatic heterocycles. The van der Waals surface area contributed by atoms with Crippen LogP contribution in [0.25, 0.3) is 0 Å². The molecule has 2 atom stereocenters. The molecule has 0 aromatic carbocycles. The van der Waals surface area contributed by atoms with Gasteiger partial charge in [-0.25, -0.2) is 5.90 Å². The van der Waals surface area contributed by atoms with Crippen LogP contribution >= 0.6 is 0 Å². The average Bonchev–Trinajstić information content (AvgIpc) is 2.60. The number of aliphatic hydroxyl groups excluding tert-OH is 1. The molecular formula is C15H32N2O2. The van der Waals surface area contributed by atoms with Crippen molar-refractivity contribution >= 4 is 0 Å². The topological polar surface area (TPSA) is 58.7 Å². The van der Waals surface area contributed by atoms with Crippen LogP contribution in [0, 0.1) is 10.8 Å². The molecular weight excluding hydrogens is 240 g/mol. The molecule has 1 saturated heterocycles. The normalized spacial score (nSPS) is 35.2. The standard InChI is InChI=1S/C13H26N2O2.C2H6/c1-15-9-12(7-8-17-14)5-3-2-4-6-13(12,10-15)11-16;1-2/h16H,2-11,14H2,1H3;1-2H3. The maximum atomic E-state index is 9.96. The van der Waals surface area contributed by atoms with E-state index in [4.69, 9.17) is 10.7 Å². The van der Waals surface area contributed by atoms with Crippen LogP contribution in [0.2, 0.25) is 0 Å². The Bertz CT molecular complexity index is 263. The van der Waals surface area contributed by atoms with Crippen molar-refractivity contribution in [3.05, 3.63) is 0 Å². The molecule has 0 aromatic rings. The number of aliphatic hydroxyl groups is 1. The van der Waals surface area contributed by atoms with Crippen molar-refractivity contribution in [2.75, 3.05) is 33.4 Å². The van der Waals surface area contributed by atoms with Crippen LogP contribution in [-0.2, 0) is 4.84 Å². The first-order valence-electron chi connectivity index (χ1n) is 7.79. The zero-order valence-corrected chi connectivity index (χ0v) is 13.0. The van der Waals surface area contributed by atoms with Gasteiger partial charge >= 0.3 is 0 Å². The molecule has 2 aliphatic rings. The lowest BCUT2D eigenvalue weighted by Crippen LogP contribution is -2.44. The predicted molar refractivity (Wildman–Crippen MR) is 78.6 cm³/mol. The molecule has 0 amide bonds. The predicted octanol–water partition coefficient (Wildman–Crippen LogP) is 2.17. The summed E-state index contributed by atoms with van der Waals surface area (Å²) in [4.78, 5) is 7.19. The molecule has 0 bridgehead atoms. The van der Waals surface area contributed by atoms with Crippen molar-refractivity contribution in [2.45, 2.75) is 52.4 Å². The van der Waals surface area contributed by atoms with E-state index in [2.05, 4.69) is 11.9 Å². The van der Waals surface area contributed by atoms with E-state index in [-0.39, 0.29) is 10.8 Å². The molecule has 3 N–H and O–H groups in total. The van der Waals surface area contributed by atoms with Gasteiger partial charge < -0.3 is 14.8 Å². The zero-order valence-electron chi connectivity index (χ0n) is 13.0. The summed E-state index contributed by atoms with van der Waals surface area (Å²) in [7, 11) is 2.16. The molecule has 19 heavy (non-hydrogen) atoms. The summed E-state index contributed by atoms with van der Waals surface area (Å²) in [5, 5.41) is 9.96. The molecule has 1 saturated carbocycles. The van der Waals surface area contributed by atoms with Crippen LogP contribution in [0.3, 0.4) is 0 Å². The second-order valence-electron chi connectivity index (χ2n) is 6.07. The number of hydrogen-bond donors (Lipinski definition) is 2. The van der Waals surface area contributed by atoms with Gasteiger partial charge in [-0.3, -0.25) is 0 Å². The maximum absolute atomic E-state index is 9.96. The molecule has 0 aromatic heterocycles. The Hall–Kier alpha value is -0.160. The molecule has 4 nitrogen and oxygen atoms in total. The van der Waals surface area contributed by atoms with E-state index < -0.39 is 0 Å². The number of nitrogens with zero attached hydrogens (tertiary/aromatic N) is 1. The first kappa shape index (κ1) is 16.9. The van der Waals surface area contributed by atoms with Crippen molar-refractivity contribution in [2.24, 2.45) is 16.7 Å². The largest absolute Gasteiger partial charge is 0.396 e. The summed E-state index contributed by atoms with van der Waals surface area (Å²) in [5.41, 5.74) is 0.295. The van der Waals surface area contributed by atoms with Gasteiger partial charge in [0.1, 0.15) is 0 Å². The lowest BCUT2D eigenvalue weighted by Gasteiger charge is -2.43. The Labute approximate surface area is 118 Å². The van der Waals surface area contributed by atoms with E-state index in [1.807, 2.05) is 13.8 Å². The number of rotatable bonds is 4. The molecule has 4 heteroatoms. The van der Waals surface area contributed by atoms with Gasteiger partial charge in [-0.15, -0.1) is 0 Å². The Morgan fingerprint density at radius 3 is 2.26 bits per heavy atom. The number of likely N-dealkylation sites (tertiary alicyclic amines) is 1. The molecule has 1 heterocycles. The lowest BCUT2D eigenvalue weighted by molar-refractivity contribution is -0.0109. The summed E-state index contributed by atoms with van der Waals surface area (Å²) in [6.07, 6.45) is 7.17. The van der Waals surface area contributed by atoms with Crippen molar-refractivity contribution < 1.29 is 9.94 Å². The molecule has 1 aliphatic carbocycles. The lowest BCUT2D eigenvalue weighted by atomic mass is 9.61. The molecule has 2 rings (SSSR count). The van der Waals surface area contributed by atoms with E-state index in [0.717, 1.165) is 25.9 Å². The van der Waals surface area contributed by atoms with Gasteiger partial charge in [-0.2, -0.15) is 0 Å². The monoisotopic (exact) mass is 272 g/mol. The third-order valence-electron chi connectivity index (χ3n) is 5.08. The fourth-order valence-corrected chi connectivity index (χ4v) is 4.24. The highest BCUT2D eigenvalue weighted by Crippen LogP contribution is 2.55. The average molecular weight is 272 g/mol. The Balaban J connectivity index is 0.000000861. The SMILES string of the molecule is CC.CN1CC2(CO)CCCCCC2(CCON)C1. The summed E-state index contributed by atoms with van der Waals surface area (Å²) in [6.45, 7) is 7.02. The summed E-state index contributed by atoms with van der Waals surface area (Å²) >= 11 is 0. The zero-order chi connectivity index (χ0) is 14.4. The Morgan fingerprint density at radius 2 is 1.68 bits per heavy atom. The van der Waals surface area contributed by atoms with Crippen LogP contribution in [0.4, 0.5) is 0 Å². The second kappa shape index (κ2) is 7.58. The molecule has 0 spiro atoms. The van der Waals surface area contributed by atoms with Gasteiger partial charge in [0.25, 0.3) is 0 Å². The highest BCUT2D eigenvalue weighted by molar-refractivity contribution is 5.06. The quantitative estimate of drug-likeness (QED) is 0.770. The first-order valence-corrected chi connectivity index (χ1v) is 7.79. The third-order valence-corrected chi connectivity index (χ3v) is 5.08. The maximum Gasteiger partial charge on any atom is 0.0685 e. The van der Waals surface area contributed by atoms with Gasteiger partial charge in [0.05, 0.1) is 13.2 Å². The van der Waals surface area contributed by atoms with Crippen LogP contribution in [-0.4, -0.2) is 43.4 Å². The van der Waals surface area contributed by atoms with E-state index in [1.54, 1.807) is 0 Å². The molecule has 114 valence electrons. The van der Waals surface area contributed by atoms with Crippen LogP contribution in [0.1, 0.15) is 52.4 Å². The van der Waals surface area contributed by atoms with Gasteiger partial charge in [-0.05, 0) is 31.7 Å². The van der Waals surface area contributed by atoms with Gasteiger partial charge in [0.2, 0.25) is 0 Å². The summed E-state index contributed by atoms with van der Waals surface area (Å²) < 4.78 is 0. The minimum absolute atomic E-state index is 0.0801. The Kier molecular flexibility index (Phi) is 6.74. The number of fused-ring (bicyclic) bond motifs is 1. The van der Waals surface area contributed by atoms with Gasteiger partial charge in [0.15, 0.2) is 0 Å². The third kappa shape index (κ3) is 3.30. The minimum atomic E-state index is 0.0801. The smallest absolute Gasteiger partial charge is 0.0685 e. The highest BCUT2D eigenvalue weighted by Gasteiger charge is 2.55. The van der Waals surface area contributed by atoms with E-state index in [0.29, 0.717) is 13.2 Å².